The Bertz CT molecular complexity index is 317. The van der Waals surface area contributed by atoms with Gasteiger partial charge in [-0.15, -0.1) is 0 Å². The zero-order valence-corrected chi connectivity index (χ0v) is 8.62. The number of benzene rings is 1. The molecule has 14 heavy (non-hydrogen) atoms. The van der Waals surface area contributed by atoms with Crippen molar-refractivity contribution in [2.75, 3.05) is 19.0 Å². The van der Waals surface area contributed by atoms with E-state index in [0.29, 0.717) is 5.56 Å². The fourth-order valence-electron chi connectivity index (χ4n) is 1.15. The smallest absolute Gasteiger partial charge is 0.196 e. The van der Waals surface area contributed by atoms with Gasteiger partial charge < -0.3 is 4.90 Å². The van der Waals surface area contributed by atoms with Crippen LogP contribution in [0.4, 0.5) is 10.1 Å². The van der Waals surface area contributed by atoms with E-state index < -0.39 is 12.0 Å². The van der Waals surface area contributed by atoms with E-state index in [1.807, 2.05) is 19.0 Å². The van der Waals surface area contributed by atoms with Crippen LogP contribution in [0.25, 0.3) is 0 Å². The van der Waals surface area contributed by atoms with Gasteiger partial charge in [-0.3, -0.25) is 4.79 Å². The molecule has 0 aromatic heterocycles. The van der Waals surface area contributed by atoms with Crippen LogP contribution in [0.5, 0.6) is 0 Å². The van der Waals surface area contributed by atoms with E-state index in [2.05, 4.69) is 0 Å². The number of nitrogens with zero attached hydrogens (tertiary/aromatic N) is 1. The largest absolute Gasteiger partial charge is 0.378 e. The monoisotopic (exact) mass is 195 g/mol. The summed E-state index contributed by atoms with van der Waals surface area (Å²) in [5.41, 5.74) is 1.42. The Morgan fingerprint density at radius 3 is 2.14 bits per heavy atom. The molecule has 1 rings (SSSR count). The van der Waals surface area contributed by atoms with Gasteiger partial charge in [0.05, 0.1) is 0 Å². The van der Waals surface area contributed by atoms with Crippen molar-refractivity contribution in [1.29, 1.82) is 0 Å². The number of ketones is 1. The highest BCUT2D eigenvalue weighted by molar-refractivity contribution is 5.99. The maximum atomic E-state index is 12.7. The second-order valence-electron chi connectivity index (χ2n) is 3.42. The van der Waals surface area contributed by atoms with Crippen molar-refractivity contribution in [1.82, 2.24) is 0 Å². The lowest BCUT2D eigenvalue weighted by atomic mass is 10.1. The van der Waals surface area contributed by atoms with Crippen molar-refractivity contribution in [3.63, 3.8) is 0 Å². The van der Waals surface area contributed by atoms with E-state index >= 15 is 0 Å². The van der Waals surface area contributed by atoms with Gasteiger partial charge >= 0.3 is 0 Å². The molecule has 0 radical (unpaired) electrons. The van der Waals surface area contributed by atoms with Crippen LogP contribution in [-0.2, 0) is 0 Å². The Kier molecular flexibility index (Phi) is 3.23. The molecule has 0 aliphatic carbocycles. The van der Waals surface area contributed by atoms with E-state index in [-0.39, 0.29) is 0 Å². The molecular weight excluding hydrogens is 181 g/mol. The van der Waals surface area contributed by atoms with Crippen molar-refractivity contribution >= 4 is 11.5 Å². The van der Waals surface area contributed by atoms with Crippen LogP contribution in [0.1, 0.15) is 17.3 Å². The summed E-state index contributed by atoms with van der Waals surface area (Å²) in [7, 11) is 3.82. The average Bonchev–Trinajstić information content (AvgIpc) is 2.16. The minimum Gasteiger partial charge on any atom is -0.378 e. The second-order valence-corrected chi connectivity index (χ2v) is 3.42. The molecule has 0 saturated heterocycles. The molecule has 0 aliphatic rings. The standard InChI is InChI=1S/C11H14FNO/c1-8(12)11(14)9-4-6-10(7-5-9)13(2)3/h4-8H,1-3H3. The number of alkyl halides is 1. The minimum absolute atomic E-state index is 0.422. The van der Waals surface area contributed by atoms with Crippen molar-refractivity contribution in [3.05, 3.63) is 29.8 Å². The normalized spacial score (nSPS) is 12.3. The summed E-state index contributed by atoms with van der Waals surface area (Å²) in [5, 5.41) is 0. The summed E-state index contributed by atoms with van der Waals surface area (Å²) >= 11 is 0. The molecule has 0 saturated carbocycles. The number of carbonyl (C=O) groups is 1. The fourth-order valence-corrected chi connectivity index (χ4v) is 1.15. The highest BCUT2D eigenvalue weighted by Crippen LogP contribution is 2.14. The molecule has 1 atom stereocenters. The van der Waals surface area contributed by atoms with Gasteiger partial charge in [-0.25, -0.2) is 4.39 Å². The molecule has 0 N–H and O–H groups in total. The summed E-state index contributed by atoms with van der Waals surface area (Å²) < 4.78 is 12.7. The summed E-state index contributed by atoms with van der Waals surface area (Å²) in [6.45, 7) is 1.25. The van der Waals surface area contributed by atoms with Gasteiger partial charge in [-0.05, 0) is 31.2 Å². The molecule has 1 aromatic rings. The Morgan fingerprint density at radius 2 is 1.79 bits per heavy atom. The van der Waals surface area contributed by atoms with Crippen LogP contribution >= 0.6 is 0 Å². The molecule has 76 valence electrons. The minimum atomic E-state index is -1.43. The first-order valence-electron chi connectivity index (χ1n) is 4.48. The topological polar surface area (TPSA) is 20.3 Å². The summed E-state index contributed by atoms with van der Waals surface area (Å²) in [6.07, 6.45) is -1.43. The van der Waals surface area contributed by atoms with Gasteiger partial charge in [0.15, 0.2) is 12.0 Å². The van der Waals surface area contributed by atoms with Crippen LogP contribution < -0.4 is 4.90 Å². The first-order valence-corrected chi connectivity index (χ1v) is 4.48. The van der Waals surface area contributed by atoms with Gasteiger partial charge in [-0.2, -0.15) is 0 Å². The molecule has 0 heterocycles. The number of Topliss-reactive ketones (excluding diaryl/α,β-unsaturated/α-hetero) is 1. The number of halogens is 1. The summed E-state index contributed by atoms with van der Waals surface area (Å²) in [5.74, 6) is -0.463. The van der Waals surface area contributed by atoms with Crippen molar-refractivity contribution in [2.24, 2.45) is 0 Å². The first kappa shape index (κ1) is 10.7. The predicted octanol–water partition coefficient (Wildman–Crippen LogP) is 2.29. The molecule has 1 aromatic carbocycles. The van der Waals surface area contributed by atoms with Crippen LogP contribution in [0.3, 0.4) is 0 Å². The number of anilines is 1. The number of hydrogen-bond donors (Lipinski definition) is 0. The maximum Gasteiger partial charge on any atom is 0.196 e. The van der Waals surface area contributed by atoms with Gasteiger partial charge in [0.1, 0.15) is 0 Å². The number of hydrogen-bond acceptors (Lipinski definition) is 2. The average molecular weight is 195 g/mol. The molecule has 1 unspecified atom stereocenters. The van der Waals surface area contributed by atoms with Crippen LogP contribution in [-0.4, -0.2) is 26.1 Å². The lowest BCUT2D eigenvalue weighted by Crippen LogP contribution is -2.12. The Balaban J connectivity index is 2.89. The zero-order chi connectivity index (χ0) is 10.7. The van der Waals surface area contributed by atoms with E-state index in [1.165, 1.54) is 6.92 Å². The third kappa shape index (κ3) is 2.31. The van der Waals surface area contributed by atoms with Gasteiger partial charge in [-0.1, -0.05) is 0 Å². The van der Waals surface area contributed by atoms with Crippen LogP contribution in [0.2, 0.25) is 0 Å². The molecule has 2 nitrogen and oxygen atoms in total. The van der Waals surface area contributed by atoms with Crippen LogP contribution in [0, 0.1) is 0 Å². The molecule has 0 aliphatic heterocycles. The third-order valence-corrected chi connectivity index (χ3v) is 2.03. The predicted molar refractivity (Wildman–Crippen MR) is 55.7 cm³/mol. The number of rotatable bonds is 3. The molecule has 3 heteroatoms. The van der Waals surface area contributed by atoms with Gasteiger partial charge in [0.25, 0.3) is 0 Å². The van der Waals surface area contributed by atoms with E-state index in [0.717, 1.165) is 5.69 Å². The fraction of sp³-hybridized carbons (Fsp3) is 0.364. The third-order valence-electron chi connectivity index (χ3n) is 2.03. The van der Waals surface area contributed by atoms with Crippen molar-refractivity contribution < 1.29 is 9.18 Å². The lowest BCUT2D eigenvalue weighted by Gasteiger charge is -2.12. The molecule has 0 bridgehead atoms. The molecule has 0 spiro atoms. The Labute approximate surface area is 83.3 Å². The highest BCUT2D eigenvalue weighted by Gasteiger charge is 2.13. The summed E-state index contributed by atoms with van der Waals surface area (Å²) in [4.78, 5) is 13.2. The van der Waals surface area contributed by atoms with E-state index in [9.17, 15) is 9.18 Å². The van der Waals surface area contributed by atoms with Crippen molar-refractivity contribution in [3.8, 4) is 0 Å². The molecular formula is C11H14FNO. The van der Waals surface area contributed by atoms with Crippen molar-refractivity contribution in [2.45, 2.75) is 13.1 Å². The SMILES string of the molecule is CC(F)C(=O)c1ccc(N(C)C)cc1. The summed E-state index contributed by atoms with van der Waals surface area (Å²) in [6, 6.07) is 6.90. The highest BCUT2D eigenvalue weighted by atomic mass is 19.1. The molecule has 0 fully saturated rings. The quantitative estimate of drug-likeness (QED) is 0.690. The van der Waals surface area contributed by atoms with Crippen LogP contribution in [0.15, 0.2) is 24.3 Å². The Morgan fingerprint density at radius 1 is 1.29 bits per heavy atom. The molecule has 0 amide bonds. The van der Waals surface area contributed by atoms with E-state index in [1.54, 1.807) is 24.3 Å². The van der Waals surface area contributed by atoms with Gasteiger partial charge in [0.2, 0.25) is 0 Å². The maximum absolute atomic E-state index is 12.7. The number of carbonyl (C=O) groups excluding carboxylic acids is 1. The Hall–Kier alpha value is -1.38. The van der Waals surface area contributed by atoms with Gasteiger partial charge in [0, 0.05) is 25.3 Å². The first-order chi connectivity index (χ1) is 6.52. The second kappa shape index (κ2) is 4.22. The zero-order valence-electron chi connectivity index (χ0n) is 8.62. The van der Waals surface area contributed by atoms with E-state index in [4.69, 9.17) is 0 Å². The lowest BCUT2D eigenvalue weighted by molar-refractivity contribution is 0.0893.